The van der Waals surface area contributed by atoms with Crippen LogP contribution in [-0.2, 0) is 4.74 Å². The van der Waals surface area contributed by atoms with Crippen molar-refractivity contribution in [2.45, 2.75) is 31.8 Å². The Morgan fingerprint density at radius 3 is 2.59 bits per heavy atom. The Morgan fingerprint density at radius 1 is 1.27 bits per heavy atom. The van der Waals surface area contributed by atoms with Crippen molar-refractivity contribution in [2.75, 3.05) is 7.11 Å². The zero-order valence-electron chi connectivity index (χ0n) is 12.8. The van der Waals surface area contributed by atoms with Gasteiger partial charge in [-0.15, -0.1) is 0 Å². The molecule has 3 unspecified atom stereocenters. The maximum atomic E-state index is 12.3. The SMILES string of the molecule is COC(C)C(C)c1cnc(C(C=N)c2cnccn2)[nH]c1=O. The van der Waals surface area contributed by atoms with E-state index in [4.69, 9.17) is 10.1 Å². The number of aromatic amines is 1. The number of rotatable bonds is 6. The van der Waals surface area contributed by atoms with Crippen LogP contribution in [0.2, 0.25) is 0 Å². The Kier molecular flexibility index (Phi) is 5.11. The second kappa shape index (κ2) is 7.04. The normalized spacial score (nSPS) is 15.0. The summed E-state index contributed by atoms with van der Waals surface area (Å²) >= 11 is 0. The zero-order chi connectivity index (χ0) is 16.1. The van der Waals surface area contributed by atoms with Crippen molar-refractivity contribution in [2.24, 2.45) is 0 Å². The fourth-order valence-electron chi connectivity index (χ4n) is 2.13. The number of hydrogen-bond acceptors (Lipinski definition) is 6. The molecule has 0 fully saturated rings. The molecule has 22 heavy (non-hydrogen) atoms. The van der Waals surface area contributed by atoms with E-state index in [-0.39, 0.29) is 17.6 Å². The highest BCUT2D eigenvalue weighted by Crippen LogP contribution is 2.19. The minimum atomic E-state index is -0.523. The lowest BCUT2D eigenvalue weighted by Crippen LogP contribution is -2.25. The molecular formula is C15H19N5O2. The lowest BCUT2D eigenvalue weighted by Gasteiger charge is -2.18. The predicted molar refractivity (Wildman–Crippen MR) is 82.4 cm³/mol. The highest BCUT2D eigenvalue weighted by atomic mass is 16.5. The number of ether oxygens (including phenoxy) is 1. The fourth-order valence-corrected chi connectivity index (χ4v) is 2.13. The van der Waals surface area contributed by atoms with Crippen LogP contribution in [0.25, 0.3) is 0 Å². The van der Waals surface area contributed by atoms with Gasteiger partial charge in [0, 0.05) is 49.6 Å². The van der Waals surface area contributed by atoms with E-state index >= 15 is 0 Å². The maximum Gasteiger partial charge on any atom is 0.254 e. The van der Waals surface area contributed by atoms with Crippen molar-refractivity contribution in [3.05, 3.63) is 52.2 Å². The third-order valence-electron chi connectivity index (χ3n) is 3.78. The van der Waals surface area contributed by atoms with E-state index in [9.17, 15) is 4.79 Å². The van der Waals surface area contributed by atoms with Crippen LogP contribution in [0.1, 0.15) is 42.8 Å². The summed E-state index contributed by atoms with van der Waals surface area (Å²) in [7, 11) is 1.61. The van der Waals surface area contributed by atoms with Crippen molar-refractivity contribution in [3.8, 4) is 0 Å². The first-order valence-corrected chi connectivity index (χ1v) is 6.96. The topological polar surface area (TPSA) is 105 Å². The molecule has 2 aromatic rings. The molecule has 116 valence electrons. The van der Waals surface area contributed by atoms with Gasteiger partial charge in [0.05, 0.1) is 17.7 Å². The summed E-state index contributed by atoms with van der Waals surface area (Å²) in [5.41, 5.74) is 0.893. The number of aromatic nitrogens is 4. The van der Waals surface area contributed by atoms with Gasteiger partial charge in [-0.05, 0) is 6.92 Å². The van der Waals surface area contributed by atoms with Crippen LogP contribution >= 0.6 is 0 Å². The average Bonchev–Trinajstić information content (AvgIpc) is 2.55. The van der Waals surface area contributed by atoms with Gasteiger partial charge in [-0.1, -0.05) is 6.92 Å². The minimum Gasteiger partial charge on any atom is -0.381 e. The fraction of sp³-hybridized carbons (Fsp3) is 0.400. The first kappa shape index (κ1) is 16.0. The van der Waals surface area contributed by atoms with Crippen LogP contribution in [0.15, 0.2) is 29.6 Å². The third kappa shape index (κ3) is 3.25. The summed E-state index contributed by atoms with van der Waals surface area (Å²) in [5, 5.41) is 7.57. The van der Waals surface area contributed by atoms with Gasteiger partial charge in [0.1, 0.15) is 5.82 Å². The van der Waals surface area contributed by atoms with E-state index in [0.29, 0.717) is 17.1 Å². The Labute approximate surface area is 128 Å². The lowest BCUT2D eigenvalue weighted by molar-refractivity contribution is 0.0985. The second-order valence-electron chi connectivity index (χ2n) is 5.06. The molecule has 2 rings (SSSR count). The van der Waals surface area contributed by atoms with Gasteiger partial charge in [-0.2, -0.15) is 0 Å². The van der Waals surface area contributed by atoms with E-state index in [1.54, 1.807) is 31.9 Å². The highest BCUT2D eigenvalue weighted by Gasteiger charge is 2.20. The molecule has 0 saturated carbocycles. The standard InChI is InChI=1S/C15H19N5O2/c1-9(10(2)22-3)12-7-19-14(20-15(12)21)11(6-16)13-8-17-4-5-18-13/h4-11,16H,1-3H3,(H,19,20,21). The van der Waals surface area contributed by atoms with E-state index in [0.717, 1.165) is 0 Å². The molecular weight excluding hydrogens is 282 g/mol. The largest absolute Gasteiger partial charge is 0.381 e. The molecule has 7 heteroatoms. The lowest BCUT2D eigenvalue weighted by atomic mass is 9.98. The van der Waals surface area contributed by atoms with Gasteiger partial charge >= 0.3 is 0 Å². The molecule has 0 bridgehead atoms. The number of hydrogen-bond donors (Lipinski definition) is 2. The van der Waals surface area contributed by atoms with E-state index in [2.05, 4.69) is 19.9 Å². The highest BCUT2D eigenvalue weighted by molar-refractivity contribution is 5.67. The smallest absolute Gasteiger partial charge is 0.254 e. The van der Waals surface area contributed by atoms with Gasteiger partial charge in [-0.25, -0.2) is 4.98 Å². The van der Waals surface area contributed by atoms with Gasteiger partial charge in [0.15, 0.2) is 0 Å². The molecule has 2 aromatic heterocycles. The second-order valence-corrected chi connectivity index (χ2v) is 5.06. The van der Waals surface area contributed by atoms with Gasteiger partial charge < -0.3 is 15.1 Å². The summed E-state index contributed by atoms with van der Waals surface area (Å²) in [6.45, 7) is 3.81. The Balaban J connectivity index is 2.36. The van der Waals surface area contributed by atoms with E-state index in [1.807, 2.05) is 13.8 Å². The van der Waals surface area contributed by atoms with Crippen LogP contribution in [0.5, 0.6) is 0 Å². The summed E-state index contributed by atoms with van der Waals surface area (Å²) in [5.74, 6) is -0.225. The summed E-state index contributed by atoms with van der Waals surface area (Å²) in [6, 6.07) is 0. The molecule has 0 aliphatic rings. The quantitative estimate of drug-likeness (QED) is 0.786. The van der Waals surface area contributed by atoms with Gasteiger partial charge in [-0.3, -0.25) is 14.8 Å². The van der Waals surface area contributed by atoms with Crippen molar-refractivity contribution in [1.29, 1.82) is 5.41 Å². The molecule has 0 aromatic carbocycles. The Morgan fingerprint density at radius 2 is 2.05 bits per heavy atom. The first-order chi connectivity index (χ1) is 10.6. The van der Waals surface area contributed by atoms with Crippen molar-refractivity contribution in [3.63, 3.8) is 0 Å². The molecule has 2 heterocycles. The maximum absolute atomic E-state index is 12.3. The van der Waals surface area contributed by atoms with Crippen LogP contribution in [-0.4, -0.2) is 39.4 Å². The minimum absolute atomic E-state index is 0.0785. The van der Waals surface area contributed by atoms with Crippen molar-refractivity contribution < 1.29 is 4.74 Å². The number of nitrogens with one attached hydrogen (secondary N) is 2. The van der Waals surface area contributed by atoms with Crippen LogP contribution < -0.4 is 5.56 Å². The van der Waals surface area contributed by atoms with Crippen LogP contribution in [0.3, 0.4) is 0 Å². The monoisotopic (exact) mass is 301 g/mol. The van der Waals surface area contributed by atoms with Crippen LogP contribution in [0, 0.1) is 5.41 Å². The first-order valence-electron chi connectivity index (χ1n) is 6.96. The molecule has 0 aliphatic heterocycles. The molecule has 0 spiro atoms. The summed E-state index contributed by atoms with van der Waals surface area (Å²) in [6.07, 6.45) is 7.29. The van der Waals surface area contributed by atoms with Gasteiger partial charge in [0.25, 0.3) is 5.56 Å². The molecule has 0 aliphatic carbocycles. The summed E-state index contributed by atoms with van der Waals surface area (Å²) in [4.78, 5) is 27.5. The Bertz CT molecular complexity index is 686. The summed E-state index contributed by atoms with van der Waals surface area (Å²) < 4.78 is 5.25. The Hall–Kier alpha value is -2.41. The van der Waals surface area contributed by atoms with E-state index in [1.165, 1.54) is 6.21 Å². The number of H-pyrrole nitrogens is 1. The molecule has 0 amide bonds. The third-order valence-corrected chi connectivity index (χ3v) is 3.78. The van der Waals surface area contributed by atoms with E-state index < -0.39 is 5.92 Å². The molecule has 7 nitrogen and oxygen atoms in total. The molecule has 2 N–H and O–H groups in total. The van der Waals surface area contributed by atoms with Gasteiger partial charge in [0.2, 0.25) is 0 Å². The predicted octanol–water partition coefficient (Wildman–Crippen LogP) is 1.48. The van der Waals surface area contributed by atoms with Crippen LogP contribution in [0.4, 0.5) is 0 Å². The number of methoxy groups -OCH3 is 1. The molecule has 0 saturated heterocycles. The molecule has 3 atom stereocenters. The van der Waals surface area contributed by atoms with Crippen molar-refractivity contribution in [1.82, 2.24) is 19.9 Å². The zero-order valence-corrected chi connectivity index (χ0v) is 12.8. The average molecular weight is 301 g/mol. The number of nitrogens with zero attached hydrogens (tertiary/aromatic N) is 3. The van der Waals surface area contributed by atoms with Crippen molar-refractivity contribution >= 4 is 6.21 Å². The molecule has 0 radical (unpaired) electrons.